The minimum absolute atomic E-state index is 0.133. The number of hydrogen-bond donors (Lipinski definition) is 0. The summed E-state index contributed by atoms with van der Waals surface area (Å²) >= 11 is 13.6. The van der Waals surface area contributed by atoms with Crippen molar-refractivity contribution in [1.29, 1.82) is 0 Å². The Morgan fingerprint density at radius 3 is 2.85 bits per heavy atom. The van der Waals surface area contributed by atoms with Crippen LogP contribution in [-0.4, -0.2) is 27.4 Å². The molecule has 0 amide bonds. The summed E-state index contributed by atoms with van der Waals surface area (Å²) in [5.74, 6) is 2.02. The van der Waals surface area contributed by atoms with Gasteiger partial charge in [0.1, 0.15) is 11.6 Å². The first-order valence-electron chi connectivity index (χ1n) is 6.49. The quantitative estimate of drug-likeness (QED) is 0.697. The number of hydrogen-bond acceptors (Lipinski definition) is 2. The lowest BCUT2D eigenvalue weighted by Crippen LogP contribution is -2.11. The summed E-state index contributed by atoms with van der Waals surface area (Å²) in [6.07, 6.45) is 3.78. The molecule has 1 atom stereocenters. The number of halogens is 3. The molecule has 2 rings (SSSR count). The highest BCUT2D eigenvalue weighted by atomic mass is 35.5. The molecule has 1 aromatic heterocycles. The Balaban J connectivity index is 2.52. The van der Waals surface area contributed by atoms with Crippen LogP contribution in [0, 0.1) is 5.82 Å². The molecule has 6 heteroatoms. The smallest absolute Gasteiger partial charge is 0.144 e. The molecule has 0 spiro atoms. The van der Waals surface area contributed by atoms with Crippen molar-refractivity contribution in [2.24, 2.45) is 0 Å². The van der Waals surface area contributed by atoms with E-state index < -0.39 is 5.82 Å². The second-order valence-corrected chi connectivity index (χ2v) is 6.49. The first-order chi connectivity index (χ1) is 9.58. The Labute approximate surface area is 132 Å². The molecule has 2 nitrogen and oxygen atoms in total. The molecule has 2 aromatic rings. The summed E-state index contributed by atoms with van der Waals surface area (Å²) in [7, 11) is 0. The van der Waals surface area contributed by atoms with Gasteiger partial charge in [0, 0.05) is 24.4 Å². The van der Waals surface area contributed by atoms with Crippen LogP contribution in [0.3, 0.4) is 0 Å². The molecule has 0 radical (unpaired) electrons. The SMILES string of the molecule is CSCCC(C)n1c(CCCl)nc2cc(F)c(Cl)cc21. The fourth-order valence-corrected chi connectivity index (χ4v) is 3.21. The molecule has 0 saturated heterocycles. The van der Waals surface area contributed by atoms with Crippen molar-refractivity contribution in [2.75, 3.05) is 17.9 Å². The van der Waals surface area contributed by atoms with Crippen LogP contribution in [0.25, 0.3) is 11.0 Å². The lowest BCUT2D eigenvalue weighted by molar-refractivity contribution is 0.528. The summed E-state index contributed by atoms with van der Waals surface area (Å²) in [5.41, 5.74) is 1.52. The maximum atomic E-state index is 13.6. The van der Waals surface area contributed by atoms with Crippen molar-refractivity contribution >= 4 is 46.0 Å². The van der Waals surface area contributed by atoms with Crippen LogP contribution in [0.1, 0.15) is 25.2 Å². The number of aromatic nitrogens is 2. The second-order valence-electron chi connectivity index (χ2n) is 4.72. The number of nitrogens with zero attached hydrogens (tertiary/aromatic N) is 2. The maximum Gasteiger partial charge on any atom is 0.144 e. The van der Waals surface area contributed by atoms with Crippen molar-refractivity contribution in [3.63, 3.8) is 0 Å². The molecule has 0 bridgehead atoms. The summed E-state index contributed by atoms with van der Waals surface area (Å²) in [6, 6.07) is 3.34. The van der Waals surface area contributed by atoms with Crippen LogP contribution in [0.5, 0.6) is 0 Å². The molecule has 0 N–H and O–H groups in total. The van der Waals surface area contributed by atoms with E-state index in [4.69, 9.17) is 23.2 Å². The van der Waals surface area contributed by atoms with Gasteiger partial charge < -0.3 is 4.57 Å². The van der Waals surface area contributed by atoms with Gasteiger partial charge in [0.05, 0.1) is 16.1 Å². The van der Waals surface area contributed by atoms with Gasteiger partial charge >= 0.3 is 0 Å². The number of aryl methyl sites for hydroxylation is 1. The van der Waals surface area contributed by atoms with Gasteiger partial charge in [-0.2, -0.15) is 11.8 Å². The summed E-state index contributed by atoms with van der Waals surface area (Å²) in [4.78, 5) is 4.51. The van der Waals surface area contributed by atoms with Gasteiger partial charge in [-0.1, -0.05) is 11.6 Å². The molecular formula is C14H17Cl2FN2S. The van der Waals surface area contributed by atoms with Gasteiger partial charge in [-0.15, -0.1) is 11.6 Å². The minimum Gasteiger partial charge on any atom is -0.325 e. The lowest BCUT2D eigenvalue weighted by Gasteiger charge is -2.17. The van der Waals surface area contributed by atoms with E-state index in [1.807, 2.05) is 11.8 Å². The van der Waals surface area contributed by atoms with E-state index in [9.17, 15) is 4.39 Å². The molecule has 0 fully saturated rings. The number of imidazole rings is 1. The second kappa shape index (κ2) is 7.01. The predicted octanol–water partition coefficient (Wildman–Crippen LogP) is 4.92. The lowest BCUT2D eigenvalue weighted by atomic mass is 10.2. The van der Waals surface area contributed by atoms with Gasteiger partial charge in [0.15, 0.2) is 0 Å². The Bertz CT molecular complexity index is 600. The largest absolute Gasteiger partial charge is 0.325 e. The predicted molar refractivity (Wildman–Crippen MR) is 86.8 cm³/mol. The van der Waals surface area contributed by atoms with E-state index in [2.05, 4.69) is 22.7 Å². The third-order valence-electron chi connectivity index (χ3n) is 3.30. The van der Waals surface area contributed by atoms with E-state index in [0.717, 1.165) is 23.5 Å². The van der Waals surface area contributed by atoms with E-state index in [1.54, 1.807) is 6.07 Å². The van der Waals surface area contributed by atoms with Crippen LogP contribution in [0.15, 0.2) is 12.1 Å². The van der Waals surface area contributed by atoms with Gasteiger partial charge in [0.2, 0.25) is 0 Å². The minimum atomic E-state index is -0.432. The molecule has 20 heavy (non-hydrogen) atoms. The van der Waals surface area contributed by atoms with Crippen molar-refractivity contribution in [2.45, 2.75) is 25.8 Å². The molecule has 1 heterocycles. The van der Waals surface area contributed by atoms with Gasteiger partial charge in [0.25, 0.3) is 0 Å². The monoisotopic (exact) mass is 334 g/mol. The Morgan fingerprint density at radius 2 is 2.20 bits per heavy atom. The molecule has 0 aliphatic heterocycles. The Morgan fingerprint density at radius 1 is 1.45 bits per heavy atom. The van der Waals surface area contributed by atoms with Crippen LogP contribution >= 0.6 is 35.0 Å². The Kier molecular flexibility index (Phi) is 5.58. The van der Waals surface area contributed by atoms with E-state index >= 15 is 0 Å². The average Bonchev–Trinajstić information content (AvgIpc) is 2.74. The van der Waals surface area contributed by atoms with Crippen LogP contribution in [-0.2, 0) is 6.42 Å². The third-order valence-corrected chi connectivity index (χ3v) is 4.43. The molecule has 0 aliphatic rings. The van der Waals surface area contributed by atoms with E-state index in [-0.39, 0.29) is 11.1 Å². The first-order valence-corrected chi connectivity index (χ1v) is 8.79. The number of rotatable bonds is 6. The zero-order valence-electron chi connectivity index (χ0n) is 11.5. The van der Waals surface area contributed by atoms with Gasteiger partial charge in [-0.25, -0.2) is 9.37 Å². The summed E-state index contributed by atoms with van der Waals surface area (Å²) in [5, 5.41) is 0.133. The first kappa shape index (κ1) is 15.9. The normalized spacial score (nSPS) is 13.1. The fourth-order valence-electron chi connectivity index (χ4n) is 2.31. The van der Waals surface area contributed by atoms with Crippen LogP contribution < -0.4 is 0 Å². The van der Waals surface area contributed by atoms with Gasteiger partial charge in [-0.3, -0.25) is 0 Å². The standard InChI is InChI=1S/C14H17Cl2FN2S/c1-9(4-6-20-2)19-13-7-10(16)11(17)8-12(13)18-14(19)3-5-15/h7-9H,3-6H2,1-2H3. The average molecular weight is 335 g/mol. The van der Waals surface area contributed by atoms with E-state index in [1.165, 1.54) is 6.07 Å². The number of fused-ring (bicyclic) bond motifs is 1. The third kappa shape index (κ3) is 3.23. The Hall–Kier alpha value is -0.450. The van der Waals surface area contributed by atoms with Crippen LogP contribution in [0.4, 0.5) is 4.39 Å². The van der Waals surface area contributed by atoms with Crippen molar-refractivity contribution in [1.82, 2.24) is 9.55 Å². The molecule has 0 saturated carbocycles. The van der Waals surface area contributed by atoms with Gasteiger partial charge in [-0.05, 0) is 31.4 Å². The summed E-state index contributed by atoms with van der Waals surface area (Å²) < 4.78 is 15.7. The van der Waals surface area contributed by atoms with Crippen molar-refractivity contribution in [3.8, 4) is 0 Å². The highest BCUT2D eigenvalue weighted by Gasteiger charge is 2.17. The maximum absolute atomic E-state index is 13.6. The molecule has 1 aromatic carbocycles. The topological polar surface area (TPSA) is 17.8 Å². The van der Waals surface area contributed by atoms with Crippen LogP contribution in [0.2, 0.25) is 5.02 Å². The number of thioether (sulfide) groups is 1. The van der Waals surface area contributed by atoms with Crippen molar-refractivity contribution < 1.29 is 4.39 Å². The number of alkyl halides is 1. The zero-order valence-corrected chi connectivity index (χ0v) is 13.8. The molecule has 1 unspecified atom stereocenters. The zero-order chi connectivity index (χ0) is 14.7. The molecule has 0 aliphatic carbocycles. The highest BCUT2D eigenvalue weighted by molar-refractivity contribution is 7.98. The highest BCUT2D eigenvalue weighted by Crippen LogP contribution is 2.28. The fraction of sp³-hybridized carbons (Fsp3) is 0.500. The summed E-state index contributed by atoms with van der Waals surface area (Å²) in [6.45, 7) is 2.15. The van der Waals surface area contributed by atoms with E-state index in [0.29, 0.717) is 17.8 Å². The van der Waals surface area contributed by atoms with Crippen molar-refractivity contribution in [3.05, 3.63) is 28.8 Å². The molecule has 110 valence electrons. The molecular weight excluding hydrogens is 318 g/mol. The number of benzene rings is 1.